The van der Waals surface area contributed by atoms with Crippen molar-refractivity contribution < 1.29 is 14.3 Å². The molecule has 1 rings (SSSR count). The van der Waals surface area contributed by atoms with E-state index in [4.69, 9.17) is 22.7 Å². The van der Waals surface area contributed by atoms with Gasteiger partial charge in [-0.25, -0.2) is 4.79 Å². The molecular weight excluding hydrogens is 314 g/mol. The molecule has 126 valence electrons. The highest BCUT2D eigenvalue weighted by atomic mass is 32.1. The van der Waals surface area contributed by atoms with Crippen LogP contribution in [0.15, 0.2) is 30.3 Å². The van der Waals surface area contributed by atoms with Crippen LogP contribution in [0.25, 0.3) is 0 Å². The number of hydrogen-bond acceptors (Lipinski definition) is 4. The van der Waals surface area contributed by atoms with Gasteiger partial charge in [-0.15, -0.1) is 0 Å². The van der Waals surface area contributed by atoms with Crippen LogP contribution in [-0.4, -0.2) is 35.2 Å². The van der Waals surface area contributed by atoms with Crippen LogP contribution in [0.4, 0.5) is 4.79 Å². The van der Waals surface area contributed by atoms with Crippen molar-refractivity contribution in [3.05, 3.63) is 35.9 Å². The molecule has 0 aliphatic heterocycles. The molecule has 0 saturated carbocycles. The van der Waals surface area contributed by atoms with E-state index in [9.17, 15) is 9.59 Å². The van der Waals surface area contributed by atoms with Crippen LogP contribution in [0.1, 0.15) is 26.3 Å². The molecule has 1 atom stereocenters. The van der Waals surface area contributed by atoms with Gasteiger partial charge in [0.2, 0.25) is 5.91 Å². The normalized spacial score (nSPS) is 12.1. The Hall–Kier alpha value is -2.15. The zero-order valence-corrected chi connectivity index (χ0v) is 14.4. The predicted octanol–water partition coefficient (Wildman–Crippen LogP) is 1.52. The summed E-state index contributed by atoms with van der Waals surface area (Å²) in [7, 11) is 0. The zero-order chi connectivity index (χ0) is 17.5. The molecular formula is C16H23N3O3S. The van der Waals surface area contributed by atoms with Crippen molar-refractivity contribution in [3.8, 4) is 0 Å². The number of thiocarbonyl (C=S) groups is 1. The van der Waals surface area contributed by atoms with E-state index in [-0.39, 0.29) is 17.4 Å². The van der Waals surface area contributed by atoms with Crippen LogP contribution < -0.4 is 16.4 Å². The van der Waals surface area contributed by atoms with Crippen molar-refractivity contribution in [2.45, 2.75) is 38.8 Å². The SMILES string of the molecule is CC(C)(C)OC(=O)NC(Cc1ccccc1)C(=O)NCC(N)=S. The molecule has 0 aliphatic rings. The molecule has 0 spiro atoms. The molecule has 0 bridgehead atoms. The summed E-state index contributed by atoms with van der Waals surface area (Å²) >= 11 is 4.74. The van der Waals surface area contributed by atoms with Crippen LogP contribution in [0.3, 0.4) is 0 Å². The highest BCUT2D eigenvalue weighted by Gasteiger charge is 2.24. The van der Waals surface area contributed by atoms with Crippen LogP contribution in [-0.2, 0) is 16.0 Å². The number of ether oxygens (including phenoxy) is 1. The first-order valence-electron chi connectivity index (χ1n) is 7.27. The van der Waals surface area contributed by atoms with Crippen LogP contribution in [0.2, 0.25) is 0 Å². The van der Waals surface area contributed by atoms with Gasteiger partial charge in [-0.2, -0.15) is 0 Å². The van der Waals surface area contributed by atoms with Gasteiger partial charge in [-0.3, -0.25) is 4.79 Å². The predicted molar refractivity (Wildman–Crippen MR) is 93.1 cm³/mol. The number of carbonyl (C=O) groups excluding carboxylic acids is 2. The van der Waals surface area contributed by atoms with E-state index in [2.05, 4.69) is 10.6 Å². The maximum Gasteiger partial charge on any atom is 0.408 e. The lowest BCUT2D eigenvalue weighted by molar-refractivity contribution is -0.122. The van der Waals surface area contributed by atoms with Gasteiger partial charge in [0, 0.05) is 6.42 Å². The van der Waals surface area contributed by atoms with E-state index < -0.39 is 17.7 Å². The summed E-state index contributed by atoms with van der Waals surface area (Å²) in [6.07, 6.45) is -0.313. The number of benzene rings is 1. The van der Waals surface area contributed by atoms with Crippen molar-refractivity contribution in [1.82, 2.24) is 10.6 Å². The van der Waals surface area contributed by atoms with Crippen LogP contribution in [0.5, 0.6) is 0 Å². The second kappa shape index (κ2) is 8.47. The van der Waals surface area contributed by atoms with Gasteiger partial charge >= 0.3 is 6.09 Å². The van der Waals surface area contributed by atoms with E-state index in [1.54, 1.807) is 20.8 Å². The smallest absolute Gasteiger partial charge is 0.408 e. The van der Waals surface area contributed by atoms with Gasteiger partial charge in [0.25, 0.3) is 0 Å². The second-order valence-corrected chi connectivity index (χ2v) is 6.60. The number of carbonyl (C=O) groups is 2. The molecule has 1 unspecified atom stereocenters. The van der Waals surface area contributed by atoms with Gasteiger partial charge < -0.3 is 21.1 Å². The topological polar surface area (TPSA) is 93.4 Å². The fraction of sp³-hybridized carbons (Fsp3) is 0.438. The minimum atomic E-state index is -0.776. The number of alkyl carbamates (subject to hydrolysis) is 1. The third-order valence-corrected chi connectivity index (χ3v) is 2.87. The number of amides is 2. The summed E-state index contributed by atoms with van der Waals surface area (Å²) in [6.45, 7) is 5.35. The fourth-order valence-electron chi connectivity index (χ4n) is 1.81. The molecule has 0 radical (unpaired) electrons. The largest absolute Gasteiger partial charge is 0.444 e. The molecule has 1 aromatic carbocycles. The molecule has 6 nitrogen and oxygen atoms in total. The molecule has 0 saturated heterocycles. The molecule has 0 aliphatic carbocycles. The number of rotatable bonds is 6. The zero-order valence-electron chi connectivity index (χ0n) is 13.6. The van der Waals surface area contributed by atoms with Crippen molar-refractivity contribution in [2.24, 2.45) is 5.73 Å². The minimum absolute atomic E-state index is 0.0788. The van der Waals surface area contributed by atoms with E-state index in [1.807, 2.05) is 30.3 Å². The standard InChI is InChI=1S/C16H23N3O3S/c1-16(2,3)22-15(21)19-12(14(20)18-10-13(17)23)9-11-7-5-4-6-8-11/h4-8,12H,9-10H2,1-3H3,(H2,17,23)(H,18,20)(H,19,21). The van der Waals surface area contributed by atoms with Gasteiger partial charge in [-0.05, 0) is 26.3 Å². The summed E-state index contributed by atoms with van der Waals surface area (Å²) < 4.78 is 5.20. The number of hydrogen-bond donors (Lipinski definition) is 3. The lowest BCUT2D eigenvalue weighted by Crippen LogP contribution is -2.50. The van der Waals surface area contributed by atoms with Crippen LogP contribution in [0, 0.1) is 0 Å². The van der Waals surface area contributed by atoms with Gasteiger partial charge in [0.1, 0.15) is 11.6 Å². The Balaban J connectivity index is 2.77. The Morgan fingerprint density at radius 2 is 1.87 bits per heavy atom. The first kappa shape index (κ1) is 18.9. The Bertz CT molecular complexity index is 555. The van der Waals surface area contributed by atoms with Crippen molar-refractivity contribution in [3.63, 3.8) is 0 Å². The maximum atomic E-state index is 12.3. The van der Waals surface area contributed by atoms with E-state index in [0.717, 1.165) is 5.56 Å². The highest BCUT2D eigenvalue weighted by molar-refractivity contribution is 7.80. The Labute approximate surface area is 141 Å². The molecule has 1 aromatic rings. The summed E-state index contributed by atoms with van der Waals surface area (Å²) in [5, 5.41) is 5.18. The molecule has 4 N–H and O–H groups in total. The summed E-state index contributed by atoms with van der Waals surface area (Å²) in [5.74, 6) is -0.368. The number of nitrogens with one attached hydrogen (secondary N) is 2. The maximum absolute atomic E-state index is 12.3. The van der Waals surface area contributed by atoms with E-state index >= 15 is 0 Å². The van der Waals surface area contributed by atoms with Crippen LogP contribution >= 0.6 is 12.2 Å². The van der Waals surface area contributed by atoms with Crippen molar-refractivity contribution in [1.29, 1.82) is 0 Å². The van der Waals surface area contributed by atoms with E-state index in [0.29, 0.717) is 6.42 Å². The fourth-order valence-corrected chi connectivity index (χ4v) is 1.88. The Morgan fingerprint density at radius 3 is 2.39 bits per heavy atom. The minimum Gasteiger partial charge on any atom is -0.444 e. The first-order chi connectivity index (χ1) is 10.7. The highest BCUT2D eigenvalue weighted by Crippen LogP contribution is 2.08. The van der Waals surface area contributed by atoms with Gasteiger partial charge in [0.15, 0.2) is 0 Å². The molecule has 0 heterocycles. The molecule has 7 heteroatoms. The van der Waals surface area contributed by atoms with Gasteiger partial charge in [-0.1, -0.05) is 42.5 Å². The average molecular weight is 337 g/mol. The number of nitrogens with two attached hydrogens (primary N) is 1. The monoisotopic (exact) mass is 337 g/mol. The molecule has 0 fully saturated rings. The molecule has 0 aromatic heterocycles. The van der Waals surface area contributed by atoms with Crippen molar-refractivity contribution in [2.75, 3.05) is 6.54 Å². The molecule has 23 heavy (non-hydrogen) atoms. The Kier molecular flexibility index (Phi) is 6.96. The third kappa shape index (κ3) is 8.15. The Morgan fingerprint density at radius 1 is 1.26 bits per heavy atom. The van der Waals surface area contributed by atoms with Crippen molar-refractivity contribution >= 4 is 29.2 Å². The quantitative estimate of drug-likeness (QED) is 0.685. The average Bonchev–Trinajstić information content (AvgIpc) is 2.43. The van der Waals surface area contributed by atoms with Gasteiger partial charge in [0.05, 0.1) is 11.5 Å². The lowest BCUT2D eigenvalue weighted by atomic mass is 10.1. The second-order valence-electron chi connectivity index (χ2n) is 6.07. The molecule has 2 amide bonds. The van der Waals surface area contributed by atoms with E-state index in [1.165, 1.54) is 0 Å². The third-order valence-electron chi connectivity index (χ3n) is 2.73. The summed E-state index contributed by atoms with van der Waals surface area (Å²) in [6, 6.07) is 8.60. The summed E-state index contributed by atoms with van der Waals surface area (Å²) in [4.78, 5) is 24.4. The lowest BCUT2D eigenvalue weighted by Gasteiger charge is -2.23. The first-order valence-corrected chi connectivity index (χ1v) is 7.67. The summed E-state index contributed by atoms with van der Waals surface area (Å²) in [5.41, 5.74) is 5.66.